The molecule has 0 unspecified atom stereocenters. The first-order valence-electron chi connectivity index (χ1n) is 6.67. The fraction of sp³-hybridized carbons (Fsp3) is 0.235. The van der Waals surface area contributed by atoms with Gasteiger partial charge in [-0.25, -0.2) is 4.39 Å². The minimum atomic E-state index is -0.335. The topological polar surface area (TPSA) is 42.2 Å². The Bertz CT molecular complexity index is 632. The largest absolute Gasteiger partial charge is 0.490 e. The van der Waals surface area contributed by atoms with Crippen molar-refractivity contribution >= 4 is 0 Å². The molecule has 4 heteroatoms. The summed E-state index contributed by atoms with van der Waals surface area (Å²) in [6.07, 6.45) is 0.385. The number of nitrogens with zero attached hydrogens (tertiary/aromatic N) is 1. The summed E-state index contributed by atoms with van der Waals surface area (Å²) in [5.74, 6) is 0.603. The molecule has 0 N–H and O–H groups in total. The molecule has 0 fully saturated rings. The van der Waals surface area contributed by atoms with Gasteiger partial charge in [-0.2, -0.15) is 5.26 Å². The lowest BCUT2D eigenvalue weighted by molar-refractivity contribution is 0.211. The summed E-state index contributed by atoms with van der Waals surface area (Å²) >= 11 is 0. The van der Waals surface area contributed by atoms with Crippen molar-refractivity contribution < 1.29 is 13.9 Å². The molecule has 0 heterocycles. The van der Waals surface area contributed by atoms with Gasteiger partial charge < -0.3 is 9.47 Å². The van der Waals surface area contributed by atoms with Crippen molar-refractivity contribution in [1.82, 2.24) is 0 Å². The first-order chi connectivity index (χ1) is 10.2. The number of aryl methyl sites for hydroxylation is 1. The van der Waals surface area contributed by atoms with Crippen LogP contribution in [0, 0.1) is 24.1 Å². The maximum atomic E-state index is 13.7. The van der Waals surface area contributed by atoms with E-state index < -0.39 is 0 Å². The Morgan fingerprint density at radius 2 is 1.76 bits per heavy atom. The van der Waals surface area contributed by atoms with Crippen LogP contribution < -0.4 is 9.47 Å². The zero-order valence-corrected chi connectivity index (χ0v) is 11.8. The Morgan fingerprint density at radius 3 is 2.48 bits per heavy atom. The summed E-state index contributed by atoms with van der Waals surface area (Å²) in [5, 5.41) is 8.58. The predicted molar refractivity (Wildman–Crippen MR) is 77.9 cm³/mol. The highest BCUT2D eigenvalue weighted by atomic mass is 19.1. The number of hydrogen-bond acceptors (Lipinski definition) is 3. The molecule has 0 aromatic heterocycles. The van der Waals surface area contributed by atoms with Gasteiger partial charge in [0.2, 0.25) is 0 Å². The highest BCUT2D eigenvalue weighted by Gasteiger charge is 2.05. The third-order valence-electron chi connectivity index (χ3n) is 2.97. The average molecular weight is 285 g/mol. The first-order valence-corrected chi connectivity index (χ1v) is 6.67. The highest BCUT2D eigenvalue weighted by molar-refractivity contribution is 5.30. The second kappa shape index (κ2) is 7.30. The van der Waals surface area contributed by atoms with Gasteiger partial charge in [0.1, 0.15) is 19.0 Å². The Morgan fingerprint density at radius 1 is 1.05 bits per heavy atom. The van der Waals surface area contributed by atoms with Crippen LogP contribution in [-0.4, -0.2) is 13.2 Å². The molecular weight excluding hydrogens is 269 g/mol. The molecule has 0 saturated carbocycles. The van der Waals surface area contributed by atoms with E-state index in [-0.39, 0.29) is 18.2 Å². The molecule has 0 aliphatic rings. The normalized spacial score (nSPS) is 9.95. The monoisotopic (exact) mass is 285 g/mol. The maximum Gasteiger partial charge on any atom is 0.167 e. The molecule has 0 aliphatic heterocycles. The van der Waals surface area contributed by atoms with E-state index in [1.54, 1.807) is 37.3 Å². The van der Waals surface area contributed by atoms with Crippen LogP contribution in [0.5, 0.6) is 11.5 Å². The van der Waals surface area contributed by atoms with Crippen LogP contribution in [0.25, 0.3) is 0 Å². The molecule has 3 nitrogen and oxygen atoms in total. The fourth-order valence-electron chi connectivity index (χ4n) is 1.84. The summed E-state index contributed by atoms with van der Waals surface area (Å²) in [7, 11) is 0. The summed E-state index contributed by atoms with van der Waals surface area (Å²) in [6, 6.07) is 14.4. The number of benzene rings is 2. The zero-order valence-electron chi connectivity index (χ0n) is 11.8. The van der Waals surface area contributed by atoms with Crippen molar-refractivity contribution in [1.29, 1.82) is 5.26 Å². The number of nitriles is 1. The SMILES string of the molecule is Cc1cccc(OCCOc2ccc(CC#N)cc2)c1F. The standard InChI is InChI=1S/C17H16FNO2/c1-13-3-2-4-16(17(13)18)21-12-11-20-15-7-5-14(6-8-15)9-10-19/h2-8H,9,11-12H2,1H3. The number of rotatable bonds is 6. The van der Waals surface area contributed by atoms with E-state index in [0.717, 1.165) is 5.56 Å². The van der Waals surface area contributed by atoms with Crippen LogP contribution in [0.2, 0.25) is 0 Å². The van der Waals surface area contributed by atoms with Crippen molar-refractivity contribution in [3.63, 3.8) is 0 Å². The van der Waals surface area contributed by atoms with Crippen molar-refractivity contribution in [3.05, 3.63) is 59.4 Å². The van der Waals surface area contributed by atoms with E-state index in [4.69, 9.17) is 14.7 Å². The second-order valence-corrected chi connectivity index (χ2v) is 4.56. The minimum absolute atomic E-state index is 0.239. The molecule has 2 rings (SSSR count). The maximum absolute atomic E-state index is 13.7. The van der Waals surface area contributed by atoms with Crippen LogP contribution in [0.1, 0.15) is 11.1 Å². The number of halogens is 1. The van der Waals surface area contributed by atoms with Gasteiger partial charge in [0, 0.05) is 0 Å². The van der Waals surface area contributed by atoms with Crippen LogP contribution >= 0.6 is 0 Å². The lowest BCUT2D eigenvalue weighted by Crippen LogP contribution is -2.10. The van der Waals surface area contributed by atoms with Gasteiger partial charge >= 0.3 is 0 Å². The quantitative estimate of drug-likeness (QED) is 0.761. The molecule has 0 radical (unpaired) electrons. The Labute approximate surface area is 123 Å². The molecular formula is C17H16FNO2. The van der Waals surface area contributed by atoms with Gasteiger partial charge in [-0.1, -0.05) is 24.3 Å². The molecule has 2 aromatic carbocycles. The highest BCUT2D eigenvalue weighted by Crippen LogP contribution is 2.19. The van der Waals surface area contributed by atoms with Crippen LogP contribution in [0.15, 0.2) is 42.5 Å². The van der Waals surface area contributed by atoms with Crippen LogP contribution in [-0.2, 0) is 6.42 Å². The van der Waals surface area contributed by atoms with Crippen molar-refractivity contribution in [2.75, 3.05) is 13.2 Å². The predicted octanol–water partition coefficient (Wildman–Crippen LogP) is 3.66. The van der Waals surface area contributed by atoms with E-state index in [0.29, 0.717) is 24.3 Å². The number of hydrogen-bond donors (Lipinski definition) is 0. The molecule has 0 saturated heterocycles. The van der Waals surface area contributed by atoms with Gasteiger partial charge in [-0.3, -0.25) is 0 Å². The minimum Gasteiger partial charge on any atom is -0.490 e. The van der Waals surface area contributed by atoms with Gasteiger partial charge in [0.25, 0.3) is 0 Å². The van der Waals surface area contributed by atoms with Crippen molar-refractivity contribution in [2.24, 2.45) is 0 Å². The van der Waals surface area contributed by atoms with E-state index in [1.165, 1.54) is 0 Å². The van der Waals surface area contributed by atoms with Gasteiger partial charge in [-0.15, -0.1) is 0 Å². The summed E-state index contributed by atoms with van der Waals surface area (Å²) < 4.78 is 24.5. The van der Waals surface area contributed by atoms with Gasteiger partial charge in [-0.05, 0) is 36.2 Å². The molecule has 0 aliphatic carbocycles. The molecule has 0 atom stereocenters. The Kier molecular flexibility index (Phi) is 5.16. The van der Waals surface area contributed by atoms with E-state index in [2.05, 4.69) is 6.07 Å². The molecule has 108 valence electrons. The molecule has 0 spiro atoms. The Hall–Kier alpha value is -2.54. The first kappa shape index (κ1) is 14.9. The third kappa shape index (κ3) is 4.22. The average Bonchev–Trinajstić information content (AvgIpc) is 2.50. The van der Waals surface area contributed by atoms with Gasteiger partial charge in [0.15, 0.2) is 11.6 Å². The van der Waals surface area contributed by atoms with Gasteiger partial charge in [0.05, 0.1) is 12.5 Å². The third-order valence-corrected chi connectivity index (χ3v) is 2.97. The Balaban J connectivity index is 1.79. The zero-order chi connectivity index (χ0) is 15.1. The molecule has 2 aromatic rings. The lowest BCUT2D eigenvalue weighted by Gasteiger charge is -2.10. The van der Waals surface area contributed by atoms with Crippen molar-refractivity contribution in [3.8, 4) is 17.6 Å². The van der Waals surface area contributed by atoms with E-state index >= 15 is 0 Å². The van der Waals surface area contributed by atoms with Crippen LogP contribution in [0.3, 0.4) is 0 Å². The second-order valence-electron chi connectivity index (χ2n) is 4.56. The fourth-order valence-corrected chi connectivity index (χ4v) is 1.84. The van der Waals surface area contributed by atoms with Crippen molar-refractivity contribution in [2.45, 2.75) is 13.3 Å². The molecule has 0 bridgehead atoms. The summed E-state index contributed by atoms with van der Waals surface area (Å²) in [4.78, 5) is 0. The van der Waals surface area contributed by atoms with E-state index in [9.17, 15) is 4.39 Å². The summed E-state index contributed by atoms with van der Waals surface area (Å²) in [6.45, 7) is 2.28. The molecule has 21 heavy (non-hydrogen) atoms. The summed E-state index contributed by atoms with van der Waals surface area (Å²) in [5.41, 5.74) is 1.50. The van der Waals surface area contributed by atoms with Crippen LogP contribution in [0.4, 0.5) is 4.39 Å². The smallest absolute Gasteiger partial charge is 0.167 e. The van der Waals surface area contributed by atoms with E-state index in [1.807, 2.05) is 12.1 Å². The molecule has 0 amide bonds. The lowest BCUT2D eigenvalue weighted by atomic mass is 10.2. The number of ether oxygens (including phenoxy) is 2.